The molecule has 0 saturated heterocycles. The number of oxazole rings is 1. The normalized spacial score (nSPS) is 12.9. The minimum absolute atomic E-state index is 0.0322. The Morgan fingerprint density at radius 1 is 1.53 bits per heavy atom. The number of halogens is 1. The minimum atomic E-state index is 0.0322. The highest BCUT2D eigenvalue weighted by atomic mass is 35.5. The number of hydrogen-bond donors (Lipinski definition) is 1. The Labute approximate surface area is 118 Å². The molecule has 0 saturated carbocycles. The Morgan fingerprint density at radius 2 is 2.26 bits per heavy atom. The highest BCUT2D eigenvalue weighted by molar-refractivity contribution is 6.31. The summed E-state index contributed by atoms with van der Waals surface area (Å²) < 4.78 is 7.31. The molecule has 2 heterocycles. The maximum Gasteiger partial charge on any atom is 0.211 e. The zero-order valence-corrected chi connectivity index (χ0v) is 12.5. The fraction of sp³-hybridized carbons (Fsp3) is 0.538. The van der Waals surface area contributed by atoms with E-state index in [0.29, 0.717) is 12.4 Å². The number of aryl methyl sites for hydroxylation is 3. The third-order valence-corrected chi connectivity index (χ3v) is 3.52. The van der Waals surface area contributed by atoms with Crippen LogP contribution in [0.2, 0.25) is 5.02 Å². The average Bonchev–Trinajstić information content (AvgIpc) is 2.92. The number of hydrogen-bond acceptors (Lipinski definition) is 4. The Bertz CT molecular complexity index is 561. The highest BCUT2D eigenvalue weighted by Gasteiger charge is 2.15. The third-order valence-electron chi connectivity index (χ3n) is 3.09. The molecule has 2 aromatic rings. The lowest BCUT2D eigenvalue weighted by Gasteiger charge is -2.10. The van der Waals surface area contributed by atoms with Gasteiger partial charge in [-0.05, 0) is 20.3 Å². The Balaban J connectivity index is 2.04. The van der Waals surface area contributed by atoms with Crippen molar-refractivity contribution in [3.05, 3.63) is 34.3 Å². The summed E-state index contributed by atoms with van der Waals surface area (Å²) in [7, 11) is 1.90. The number of aromatic nitrogens is 3. The van der Waals surface area contributed by atoms with Gasteiger partial charge in [0.2, 0.25) is 5.89 Å². The summed E-state index contributed by atoms with van der Waals surface area (Å²) in [5.74, 6) is 1.50. The molecule has 19 heavy (non-hydrogen) atoms. The number of nitrogens with one attached hydrogen (secondary N) is 1. The van der Waals surface area contributed by atoms with Crippen molar-refractivity contribution in [2.45, 2.75) is 39.8 Å². The van der Waals surface area contributed by atoms with Gasteiger partial charge in [0.15, 0.2) is 0 Å². The van der Waals surface area contributed by atoms with Crippen LogP contribution >= 0.6 is 11.6 Å². The van der Waals surface area contributed by atoms with E-state index < -0.39 is 0 Å². The highest BCUT2D eigenvalue weighted by Crippen LogP contribution is 2.21. The molecule has 1 atom stereocenters. The molecule has 1 N–H and O–H groups in total. The zero-order chi connectivity index (χ0) is 14.0. The molecule has 0 bridgehead atoms. The van der Waals surface area contributed by atoms with Crippen molar-refractivity contribution in [3.63, 3.8) is 0 Å². The van der Waals surface area contributed by atoms with Gasteiger partial charge >= 0.3 is 0 Å². The lowest BCUT2D eigenvalue weighted by Crippen LogP contribution is -2.20. The van der Waals surface area contributed by atoms with Crippen LogP contribution in [0.15, 0.2) is 10.6 Å². The molecule has 0 spiro atoms. The summed E-state index contributed by atoms with van der Waals surface area (Å²) in [4.78, 5) is 4.21. The van der Waals surface area contributed by atoms with Crippen LogP contribution in [0, 0.1) is 6.92 Å². The van der Waals surface area contributed by atoms with Gasteiger partial charge in [-0.2, -0.15) is 5.10 Å². The van der Waals surface area contributed by atoms with Crippen LogP contribution in [0.5, 0.6) is 0 Å². The van der Waals surface area contributed by atoms with Gasteiger partial charge in [0.05, 0.1) is 28.6 Å². The van der Waals surface area contributed by atoms with Gasteiger partial charge < -0.3 is 9.73 Å². The van der Waals surface area contributed by atoms with E-state index in [1.54, 1.807) is 6.20 Å². The van der Waals surface area contributed by atoms with Crippen LogP contribution in [-0.4, -0.2) is 14.8 Å². The van der Waals surface area contributed by atoms with Crippen LogP contribution in [0.4, 0.5) is 0 Å². The van der Waals surface area contributed by atoms with E-state index in [9.17, 15) is 0 Å². The van der Waals surface area contributed by atoms with E-state index in [2.05, 4.69) is 15.4 Å². The van der Waals surface area contributed by atoms with Crippen LogP contribution in [0.3, 0.4) is 0 Å². The molecular weight excluding hydrogens is 264 g/mol. The van der Waals surface area contributed by atoms with E-state index in [1.165, 1.54) is 0 Å². The second-order valence-corrected chi connectivity index (χ2v) is 4.97. The van der Waals surface area contributed by atoms with Gasteiger partial charge in [-0.1, -0.05) is 18.5 Å². The van der Waals surface area contributed by atoms with Crippen molar-refractivity contribution in [2.75, 3.05) is 0 Å². The van der Waals surface area contributed by atoms with Gasteiger partial charge in [0.25, 0.3) is 0 Å². The van der Waals surface area contributed by atoms with Crippen molar-refractivity contribution < 1.29 is 4.42 Å². The van der Waals surface area contributed by atoms with Gasteiger partial charge in [0.1, 0.15) is 5.76 Å². The summed E-state index contributed by atoms with van der Waals surface area (Å²) in [5.41, 5.74) is 1.91. The van der Waals surface area contributed by atoms with Crippen LogP contribution < -0.4 is 5.32 Å². The summed E-state index contributed by atoms with van der Waals surface area (Å²) in [6, 6.07) is 0.0322. The minimum Gasteiger partial charge on any atom is -0.444 e. The van der Waals surface area contributed by atoms with Crippen molar-refractivity contribution >= 4 is 11.6 Å². The summed E-state index contributed by atoms with van der Waals surface area (Å²) in [6.07, 6.45) is 2.56. The third kappa shape index (κ3) is 2.98. The molecule has 6 heteroatoms. The average molecular weight is 283 g/mol. The van der Waals surface area contributed by atoms with E-state index in [1.807, 2.05) is 32.5 Å². The smallest absolute Gasteiger partial charge is 0.211 e. The molecular formula is C13H19ClN4O. The van der Waals surface area contributed by atoms with Crippen molar-refractivity contribution in [2.24, 2.45) is 7.05 Å². The maximum atomic E-state index is 6.30. The summed E-state index contributed by atoms with van der Waals surface area (Å²) in [6.45, 7) is 6.57. The number of rotatable bonds is 5. The van der Waals surface area contributed by atoms with Crippen molar-refractivity contribution in [1.82, 2.24) is 20.1 Å². The standard InChI is InChI=1S/C13H19ClN4O/c1-5-10-12(14)11(18(4)17-10)7-15-9(3)13-16-6-8(2)19-13/h6,9,15H,5,7H2,1-4H3. The predicted octanol–water partition coefficient (Wildman–Crippen LogP) is 2.78. The first-order chi connectivity index (χ1) is 9.02. The lowest BCUT2D eigenvalue weighted by molar-refractivity contribution is 0.399. The summed E-state index contributed by atoms with van der Waals surface area (Å²) in [5, 5.41) is 8.48. The van der Waals surface area contributed by atoms with Gasteiger partial charge in [-0.3, -0.25) is 4.68 Å². The lowest BCUT2D eigenvalue weighted by atomic mass is 10.2. The van der Waals surface area contributed by atoms with Gasteiger partial charge in [-0.25, -0.2) is 4.98 Å². The molecule has 0 aliphatic carbocycles. The summed E-state index contributed by atoms with van der Waals surface area (Å²) >= 11 is 6.30. The first kappa shape index (κ1) is 14.1. The molecule has 0 aromatic carbocycles. The predicted molar refractivity (Wildman–Crippen MR) is 74.1 cm³/mol. The van der Waals surface area contributed by atoms with E-state index in [4.69, 9.17) is 16.0 Å². The molecule has 0 fully saturated rings. The first-order valence-corrected chi connectivity index (χ1v) is 6.76. The molecule has 2 rings (SSSR count). The molecule has 5 nitrogen and oxygen atoms in total. The fourth-order valence-electron chi connectivity index (χ4n) is 1.92. The zero-order valence-electron chi connectivity index (χ0n) is 11.7. The van der Waals surface area contributed by atoms with Crippen LogP contribution in [-0.2, 0) is 20.0 Å². The van der Waals surface area contributed by atoms with Crippen molar-refractivity contribution in [1.29, 1.82) is 0 Å². The Morgan fingerprint density at radius 3 is 2.79 bits per heavy atom. The van der Waals surface area contributed by atoms with Crippen molar-refractivity contribution in [3.8, 4) is 0 Å². The molecule has 104 valence electrons. The molecule has 0 radical (unpaired) electrons. The van der Waals surface area contributed by atoms with E-state index in [-0.39, 0.29) is 6.04 Å². The Kier molecular flexibility index (Phi) is 4.27. The molecule has 2 aromatic heterocycles. The first-order valence-electron chi connectivity index (χ1n) is 6.38. The van der Waals surface area contributed by atoms with Gasteiger partial charge in [-0.15, -0.1) is 0 Å². The second kappa shape index (κ2) is 5.75. The van der Waals surface area contributed by atoms with Crippen LogP contribution in [0.25, 0.3) is 0 Å². The second-order valence-electron chi connectivity index (χ2n) is 4.60. The monoisotopic (exact) mass is 282 g/mol. The fourth-order valence-corrected chi connectivity index (χ4v) is 2.28. The molecule has 1 unspecified atom stereocenters. The van der Waals surface area contributed by atoms with Crippen LogP contribution in [0.1, 0.15) is 42.9 Å². The molecule has 0 amide bonds. The van der Waals surface area contributed by atoms with Gasteiger partial charge in [0, 0.05) is 13.6 Å². The topological polar surface area (TPSA) is 55.9 Å². The maximum absolute atomic E-state index is 6.30. The molecule has 0 aliphatic rings. The van der Waals surface area contributed by atoms with E-state index >= 15 is 0 Å². The molecule has 0 aliphatic heterocycles. The Hall–Kier alpha value is -1.33. The SMILES string of the molecule is CCc1nn(C)c(CNC(C)c2ncc(C)o2)c1Cl. The van der Waals surface area contributed by atoms with E-state index in [0.717, 1.165) is 28.6 Å². The quantitative estimate of drug-likeness (QED) is 0.916. The largest absolute Gasteiger partial charge is 0.444 e. The number of nitrogens with zero attached hydrogens (tertiary/aromatic N) is 3.